The van der Waals surface area contributed by atoms with Gasteiger partial charge in [0.1, 0.15) is 0 Å². The minimum atomic E-state index is -0.773. The Morgan fingerprint density at radius 1 is 1.39 bits per heavy atom. The molecule has 0 amide bonds. The number of aliphatic hydroxyl groups excluding tert-OH is 2. The molecule has 0 aliphatic rings. The number of nitrogens with zero attached hydrogens (tertiary/aromatic N) is 2. The Hall–Kier alpha value is -1.59. The molecule has 98 valence electrons. The third kappa shape index (κ3) is 2.63. The first-order chi connectivity index (χ1) is 8.76. The molecule has 5 nitrogen and oxygen atoms in total. The van der Waals surface area contributed by atoms with Gasteiger partial charge in [0.05, 0.1) is 30.3 Å². The highest BCUT2D eigenvalue weighted by molar-refractivity contribution is 5.78. The maximum atomic E-state index is 9.61. The molecule has 0 aliphatic heterocycles. The quantitative estimate of drug-likeness (QED) is 0.719. The van der Waals surface area contributed by atoms with Gasteiger partial charge in [-0.25, -0.2) is 4.98 Å². The number of rotatable bonds is 6. The van der Waals surface area contributed by atoms with Crippen LogP contribution in [0.15, 0.2) is 24.3 Å². The van der Waals surface area contributed by atoms with E-state index in [1.165, 1.54) is 0 Å². The van der Waals surface area contributed by atoms with Gasteiger partial charge in [-0.15, -0.1) is 0 Å². The molecule has 0 aliphatic carbocycles. The van der Waals surface area contributed by atoms with Gasteiger partial charge in [-0.1, -0.05) is 19.1 Å². The Morgan fingerprint density at radius 3 is 2.89 bits per heavy atom. The van der Waals surface area contributed by atoms with Crippen molar-refractivity contribution < 1.29 is 10.2 Å². The topological polar surface area (TPSA) is 70.3 Å². The van der Waals surface area contributed by atoms with E-state index in [1.54, 1.807) is 0 Å². The Kier molecular flexibility index (Phi) is 4.17. The summed E-state index contributed by atoms with van der Waals surface area (Å²) in [6.45, 7) is 3.00. The van der Waals surface area contributed by atoms with E-state index < -0.39 is 6.10 Å². The van der Waals surface area contributed by atoms with Crippen molar-refractivity contribution in [1.29, 1.82) is 0 Å². The average Bonchev–Trinajstić information content (AvgIpc) is 2.74. The highest BCUT2D eigenvalue weighted by atomic mass is 16.3. The van der Waals surface area contributed by atoms with Gasteiger partial charge in [-0.05, 0) is 18.6 Å². The zero-order chi connectivity index (χ0) is 13.0. The van der Waals surface area contributed by atoms with Crippen LogP contribution in [0.5, 0.6) is 0 Å². The molecule has 0 saturated carbocycles. The number of nitrogens with one attached hydrogen (secondary N) is 1. The average molecular weight is 249 g/mol. The number of imidazole rings is 1. The highest BCUT2D eigenvalue weighted by Gasteiger charge is 2.12. The van der Waals surface area contributed by atoms with E-state index in [-0.39, 0.29) is 6.61 Å². The summed E-state index contributed by atoms with van der Waals surface area (Å²) in [5.41, 5.74) is 1.85. The molecule has 0 saturated heterocycles. The second-order valence-corrected chi connectivity index (χ2v) is 4.30. The van der Waals surface area contributed by atoms with Crippen molar-refractivity contribution in [3.8, 4) is 0 Å². The maximum absolute atomic E-state index is 9.61. The van der Waals surface area contributed by atoms with Crippen molar-refractivity contribution in [2.45, 2.75) is 26.0 Å². The van der Waals surface area contributed by atoms with Crippen LogP contribution in [0.1, 0.15) is 13.3 Å². The van der Waals surface area contributed by atoms with Gasteiger partial charge in [0.15, 0.2) is 0 Å². The van der Waals surface area contributed by atoms with Crippen molar-refractivity contribution in [1.82, 2.24) is 9.55 Å². The third-order valence-corrected chi connectivity index (χ3v) is 2.79. The standard InChI is InChI=1S/C13H19N3O2/c1-2-7-14-13-15-11-5-3-4-6-12(11)16(13)8-10(18)9-17/h3-6,10,17-18H,2,7-9H2,1H3,(H,14,15). The Bertz CT molecular complexity index is 510. The summed E-state index contributed by atoms with van der Waals surface area (Å²) in [6.07, 6.45) is 0.232. The summed E-state index contributed by atoms with van der Waals surface area (Å²) in [5, 5.41) is 21.8. The van der Waals surface area contributed by atoms with Crippen LogP contribution >= 0.6 is 0 Å². The molecule has 1 atom stereocenters. The first-order valence-corrected chi connectivity index (χ1v) is 6.24. The van der Waals surface area contributed by atoms with Gasteiger partial charge in [0.2, 0.25) is 5.95 Å². The smallest absolute Gasteiger partial charge is 0.203 e. The molecular weight excluding hydrogens is 230 g/mol. The lowest BCUT2D eigenvalue weighted by molar-refractivity contribution is 0.0825. The third-order valence-electron chi connectivity index (χ3n) is 2.79. The summed E-state index contributed by atoms with van der Waals surface area (Å²) >= 11 is 0. The van der Waals surface area contributed by atoms with E-state index >= 15 is 0 Å². The molecular formula is C13H19N3O2. The molecule has 0 fully saturated rings. The molecule has 0 spiro atoms. The second kappa shape index (κ2) is 5.84. The minimum absolute atomic E-state index is 0.250. The predicted molar refractivity (Wildman–Crippen MR) is 71.6 cm³/mol. The number of aliphatic hydroxyl groups is 2. The van der Waals surface area contributed by atoms with Gasteiger partial charge in [0, 0.05) is 6.54 Å². The second-order valence-electron chi connectivity index (χ2n) is 4.30. The van der Waals surface area contributed by atoms with E-state index in [0.29, 0.717) is 6.54 Å². The minimum Gasteiger partial charge on any atom is -0.394 e. The molecule has 3 N–H and O–H groups in total. The van der Waals surface area contributed by atoms with Crippen molar-refractivity contribution in [3.05, 3.63) is 24.3 Å². The monoisotopic (exact) mass is 249 g/mol. The molecule has 5 heteroatoms. The SMILES string of the molecule is CCCNc1nc2ccccc2n1CC(O)CO. The molecule has 0 bridgehead atoms. The fraction of sp³-hybridized carbons (Fsp3) is 0.462. The largest absolute Gasteiger partial charge is 0.394 e. The van der Waals surface area contributed by atoms with Gasteiger partial charge in [0.25, 0.3) is 0 Å². The molecule has 0 radical (unpaired) electrons. The van der Waals surface area contributed by atoms with Gasteiger partial charge in [-0.3, -0.25) is 0 Å². The fourth-order valence-electron chi connectivity index (χ4n) is 1.90. The van der Waals surface area contributed by atoms with Crippen LogP contribution in [-0.2, 0) is 6.54 Å². The lowest BCUT2D eigenvalue weighted by Crippen LogP contribution is -2.21. The number of fused-ring (bicyclic) bond motifs is 1. The normalized spacial score (nSPS) is 12.8. The maximum Gasteiger partial charge on any atom is 0.203 e. The number of aromatic nitrogens is 2. The van der Waals surface area contributed by atoms with E-state index in [2.05, 4.69) is 17.2 Å². The molecule has 18 heavy (non-hydrogen) atoms. The summed E-state index contributed by atoms with van der Waals surface area (Å²) in [5.74, 6) is 0.741. The number of benzene rings is 1. The van der Waals surface area contributed by atoms with Crippen LogP contribution < -0.4 is 5.32 Å². The Labute approximate surface area is 106 Å². The first kappa shape index (κ1) is 12.9. The lowest BCUT2D eigenvalue weighted by atomic mass is 10.3. The number of hydrogen-bond acceptors (Lipinski definition) is 4. The lowest BCUT2D eigenvalue weighted by Gasteiger charge is -2.13. The van der Waals surface area contributed by atoms with Crippen LogP contribution in [-0.4, -0.2) is 39.0 Å². The van der Waals surface area contributed by atoms with Gasteiger partial charge < -0.3 is 20.1 Å². The van der Waals surface area contributed by atoms with E-state index in [1.807, 2.05) is 28.8 Å². The number of hydrogen-bond donors (Lipinski definition) is 3. The van der Waals surface area contributed by atoms with E-state index in [9.17, 15) is 5.11 Å². The van der Waals surface area contributed by atoms with Crippen LogP contribution in [0.25, 0.3) is 11.0 Å². The summed E-state index contributed by atoms with van der Waals surface area (Å²) < 4.78 is 1.91. The van der Waals surface area contributed by atoms with Crippen LogP contribution in [0.3, 0.4) is 0 Å². The molecule has 1 heterocycles. The van der Waals surface area contributed by atoms with Crippen molar-refractivity contribution >= 4 is 17.0 Å². The first-order valence-electron chi connectivity index (χ1n) is 6.24. The van der Waals surface area contributed by atoms with Crippen molar-refractivity contribution in [3.63, 3.8) is 0 Å². The van der Waals surface area contributed by atoms with Gasteiger partial charge >= 0.3 is 0 Å². The summed E-state index contributed by atoms with van der Waals surface area (Å²) in [4.78, 5) is 4.50. The summed E-state index contributed by atoms with van der Waals surface area (Å²) in [6, 6.07) is 7.78. The predicted octanol–water partition coefficient (Wildman–Crippen LogP) is 1.21. The van der Waals surface area contributed by atoms with Crippen molar-refractivity contribution in [2.24, 2.45) is 0 Å². The molecule has 1 aromatic heterocycles. The van der Waals surface area contributed by atoms with E-state index in [4.69, 9.17) is 5.11 Å². The number of para-hydroxylation sites is 2. The molecule has 1 aromatic carbocycles. The highest BCUT2D eigenvalue weighted by Crippen LogP contribution is 2.19. The Morgan fingerprint density at radius 2 is 2.17 bits per heavy atom. The van der Waals surface area contributed by atoms with Crippen LogP contribution in [0, 0.1) is 0 Å². The number of anilines is 1. The van der Waals surface area contributed by atoms with Crippen LogP contribution in [0.2, 0.25) is 0 Å². The van der Waals surface area contributed by atoms with Crippen LogP contribution in [0.4, 0.5) is 5.95 Å². The van der Waals surface area contributed by atoms with Gasteiger partial charge in [-0.2, -0.15) is 0 Å². The molecule has 2 aromatic rings. The summed E-state index contributed by atoms with van der Waals surface area (Å²) in [7, 11) is 0. The fourth-order valence-corrected chi connectivity index (χ4v) is 1.90. The van der Waals surface area contributed by atoms with Crippen molar-refractivity contribution in [2.75, 3.05) is 18.5 Å². The van der Waals surface area contributed by atoms with E-state index in [0.717, 1.165) is 29.9 Å². The molecule has 1 unspecified atom stereocenters. The molecule has 2 rings (SSSR count). The zero-order valence-electron chi connectivity index (χ0n) is 10.5. The zero-order valence-corrected chi connectivity index (χ0v) is 10.5. The Balaban J connectivity index is 2.37.